The van der Waals surface area contributed by atoms with E-state index in [-0.39, 0.29) is 17.0 Å². The van der Waals surface area contributed by atoms with Crippen LogP contribution in [0.5, 0.6) is 0 Å². The van der Waals surface area contributed by atoms with E-state index >= 15 is 0 Å². The first-order valence-electron chi connectivity index (χ1n) is 8.62. The van der Waals surface area contributed by atoms with E-state index < -0.39 is 16.0 Å². The van der Waals surface area contributed by atoms with Crippen LogP contribution in [0.1, 0.15) is 28.6 Å². The molecule has 1 aromatic heterocycles. The molecule has 2 aromatic carbocycles. The summed E-state index contributed by atoms with van der Waals surface area (Å²) < 4.78 is 32.3. The minimum Gasteiger partial charge on any atom is -0.478 e. The van der Waals surface area contributed by atoms with Crippen molar-refractivity contribution in [2.45, 2.75) is 18.4 Å². The van der Waals surface area contributed by atoms with E-state index in [1.807, 2.05) is 0 Å². The van der Waals surface area contributed by atoms with Crippen LogP contribution < -0.4 is 10.1 Å². The van der Waals surface area contributed by atoms with Crippen molar-refractivity contribution in [3.63, 3.8) is 0 Å². The molecule has 0 atom stereocenters. The number of anilines is 1. The molecular weight excluding hydrogens is 394 g/mol. The number of furan rings is 1. The molecule has 0 radical (unpaired) electrons. The number of para-hydroxylation sites is 1. The van der Waals surface area contributed by atoms with Crippen LogP contribution in [0, 0.1) is 0 Å². The van der Waals surface area contributed by atoms with Crippen molar-refractivity contribution < 1.29 is 22.7 Å². The summed E-state index contributed by atoms with van der Waals surface area (Å²) in [6, 6.07) is 16.0. The average molecular weight is 413 g/mol. The number of hydrazone groups is 1. The first-order valence-corrected chi connectivity index (χ1v) is 10.1. The maximum Gasteiger partial charge on any atom is 0.337 e. The summed E-state index contributed by atoms with van der Waals surface area (Å²) in [6.07, 6.45) is 1.48. The molecule has 8 nitrogen and oxygen atoms in total. The van der Waals surface area contributed by atoms with E-state index in [9.17, 15) is 18.3 Å². The fraction of sp³-hybridized carbons (Fsp3) is 0.100. The first-order chi connectivity index (χ1) is 13.9. The quantitative estimate of drug-likeness (QED) is 0.385. The normalized spacial score (nSPS) is 12.0. The third kappa shape index (κ3) is 5.09. The molecule has 150 valence electrons. The fourth-order valence-corrected chi connectivity index (χ4v) is 3.51. The summed E-state index contributed by atoms with van der Waals surface area (Å²) >= 11 is 0. The highest BCUT2D eigenvalue weighted by Gasteiger charge is 2.14. The number of carboxylic acids is 1. The topological polar surface area (TPSA) is 121 Å². The fourth-order valence-electron chi connectivity index (χ4n) is 2.51. The molecule has 9 heteroatoms. The van der Waals surface area contributed by atoms with Gasteiger partial charge in [-0.15, -0.1) is 0 Å². The lowest BCUT2D eigenvalue weighted by Gasteiger charge is -2.08. The molecule has 0 aliphatic heterocycles. The lowest BCUT2D eigenvalue weighted by Crippen LogP contribution is -2.23. The number of benzene rings is 2. The van der Waals surface area contributed by atoms with Gasteiger partial charge in [-0.1, -0.05) is 24.3 Å². The highest BCUT2D eigenvalue weighted by Crippen LogP contribution is 2.16. The van der Waals surface area contributed by atoms with Crippen LogP contribution in [-0.4, -0.2) is 25.2 Å². The summed E-state index contributed by atoms with van der Waals surface area (Å²) in [7, 11) is -3.68. The van der Waals surface area contributed by atoms with Crippen molar-refractivity contribution in [2.24, 2.45) is 5.10 Å². The SMILES string of the molecule is C/C(=N\Nc1ccccc1C(=O)O)c1ccc(S(=O)(=O)NCc2ccco2)cc1. The van der Waals surface area contributed by atoms with Crippen LogP contribution in [-0.2, 0) is 16.6 Å². The number of sulfonamides is 1. The zero-order valence-electron chi connectivity index (χ0n) is 15.5. The van der Waals surface area contributed by atoms with Gasteiger partial charge in [-0.05, 0) is 48.9 Å². The predicted molar refractivity (Wildman–Crippen MR) is 108 cm³/mol. The largest absolute Gasteiger partial charge is 0.478 e. The third-order valence-electron chi connectivity index (χ3n) is 4.10. The minimum absolute atomic E-state index is 0.0600. The number of carboxylic acid groups (broad SMARTS) is 1. The number of hydrogen-bond acceptors (Lipinski definition) is 6. The number of rotatable bonds is 8. The first kappa shape index (κ1) is 20.3. The summed E-state index contributed by atoms with van der Waals surface area (Å²) in [6.45, 7) is 1.79. The highest BCUT2D eigenvalue weighted by molar-refractivity contribution is 7.89. The second-order valence-electron chi connectivity index (χ2n) is 6.09. The maximum absolute atomic E-state index is 12.4. The molecule has 3 rings (SSSR count). The van der Waals surface area contributed by atoms with Gasteiger partial charge in [0.15, 0.2) is 0 Å². The standard InChI is InChI=1S/C20H19N3O5S/c1-14(22-23-19-7-3-2-6-18(19)20(24)25)15-8-10-17(11-9-15)29(26,27)21-13-16-5-4-12-28-16/h2-12,21,23H,13H2,1H3,(H,24,25)/b22-14+. The molecule has 0 amide bonds. The Morgan fingerprint density at radius 2 is 1.79 bits per heavy atom. The number of nitrogens with zero attached hydrogens (tertiary/aromatic N) is 1. The molecule has 3 aromatic rings. The molecule has 0 aliphatic carbocycles. The third-order valence-corrected chi connectivity index (χ3v) is 5.52. The minimum atomic E-state index is -3.68. The molecular formula is C20H19N3O5S. The van der Waals surface area contributed by atoms with Crippen molar-refractivity contribution in [3.8, 4) is 0 Å². The monoisotopic (exact) mass is 413 g/mol. The lowest BCUT2D eigenvalue weighted by molar-refractivity contribution is 0.0698. The molecule has 0 fully saturated rings. The number of carbonyl (C=O) groups is 1. The number of aromatic carboxylic acids is 1. The number of nitrogens with one attached hydrogen (secondary N) is 2. The maximum atomic E-state index is 12.4. The van der Waals surface area contributed by atoms with E-state index in [0.29, 0.717) is 22.7 Å². The Labute approximate surface area is 167 Å². The summed E-state index contributed by atoms with van der Waals surface area (Å²) in [5.41, 5.74) is 4.46. The van der Waals surface area contributed by atoms with Gasteiger partial charge in [0.05, 0.1) is 34.7 Å². The Hall–Kier alpha value is -3.43. The Morgan fingerprint density at radius 3 is 2.45 bits per heavy atom. The lowest BCUT2D eigenvalue weighted by atomic mass is 10.1. The van der Waals surface area contributed by atoms with Crippen LogP contribution in [0.15, 0.2) is 81.3 Å². The Bertz CT molecular complexity index is 1120. The molecule has 0 unspecified atom stereocenters. The van der Waals surface area contributed by atoms with Crippen LogP contribution >= 0.6 is 0 Å². The molecule has 0 saturated carbocycles. The molecule has 0 spiro atoms. The van der Waals surface area contributed by atoms with Gasteiger partial charge in [-0.2, -0.15) is 5.10 Å². The second kappa shape index (κ2) is 8.72. The molecule has 0 bridgehead atoms. The van der Waals surface area contributed by atoms with Gasteiger partial charge in [0.25, 0.3) is 0 Å². The Kier molecular flexibility index (Phi) is 6.10. The van der Waals surface area contributed by atoms with Gasteiger partial charge in [-0.25, -0.2) is 17.9 Å². The van der Waals surface area contributed by atoms with Crippen LogP contribution in [0.3, 0.4) is 0 Å². The zero-order valence-corrected chi connectivity index (χ0v) is 16.3. The van der Waals surface area contributed by atoms with Crippen molar-refractivity contribution in [2.75, 3.05) is 5.43 Å². The summed E-state index contributed by atoms with van der Waals surface area (Å²) in [5.74, 6) is -0.543. The van der Waals surface area contributed by atoms with Crippen molar-refractivity contribution in [1.29, 1.82) is 0 Å². The van der Waals surface area contributed by atoms with E-state index in [4.69, 9.17) is 4.42 Å². The smallest absolute Gasteiger partial charge is 0.337 e. The Balaban J connectivity index is 1.70. The molecule has 29 heavy (non-hydrogen) atoms. The molecule has 3 N–H and O–H groups in total. The van der Waals surface area contributed by atoms with Gasteiger partial charge in [0.1, 0.15) is 5.76 Å². The van der Waals surface area contributed by atoms with Crippen LogP contribution in [0.25, 0.3) is 0 Å². The highest BCUT2D eigenvalue weighted by atomic mass is 32.2. The van der Waals surface area contributed by atoms with Gasteiger partial charge >= 0.3 is 5.97 Å². The summed E-state index contributed by atoms with van der Waals surface area (Å²) in [4.78, 5) is 11.4. The predicted octanol–water partition coefficient (Wildman–Crippen LogP) is 3.29. The van der Waals surface area contributed by atoms with Crippen LogP contribution in [0.2, 0.25) is 0 Å². The Morgan fingerprint density at radius 1 is 1.07 bits per heavy atom. The molecule has 0 aliphatic rings. The van der Waals surface area contributed by atoms with Gasteiger partial charge in [0, 0.05) is 0 Å². The average Bonchev–Trinajstić information content (AvgIpc) is 3.24. The van der Waals surface area contributed by atoms with Crippen molar-refractivity contribution in [1.82, 2.24) is 4.72 Å². The van der Waals surface area contributed by atoms with Gasteiger partial charge < -0.3 is 9.52 Å². The van der Waals surface area contributed by atoms with E-state index in [1.54, 1.807) is 49.4 Å². The number of hydrogen-bond donors (Lipinski definition) is 3. The van der Waals surface area contributed by atoms with Crippen LogP contribution in [0.4, 0.5) is 5.69 Å². The van der Waals surface area contributed by atoms with Crippen molar-refractivity contribution >= 4 is 27.4 Å². The van der Waals surface area contributed by atoms with Gasteiger partial charge in [0.2, 0.25) is 10.0 Å². The van der Waals surface area contributed by atoms with Crippen molar-refractivity contribution in [3.05, 3.63) is 83.8 Å². The second-order valence-corrected chi connectivity index (χ2v) is 7.85. The molecule has 0 saturated heterocycles. The molecule has 1 heterocycles. The summed E-state index contributed by atoms with van der Waals surface area (Å²) in [5, 5.41) is 13.4. The van der Waals surface area contributed by atoms with E-state index in [0.717, 1.165) is 0 Å². The zero-order chi connectivity index (χ0) is 20.9. The van der Waals surface area contributed by atoms with E-state index in [1.165, 1.54) is 24.5 Å². The van der Waals surface area contributed by atoms with E-state index in [2.05, 4.69) is 15.2 Å². The van der Waals surface area contributed by atoms with Gasteiger partial charge in [-0.3, -0.25) is 5.43 Å².